The van der Waals surface area contributed by atoms with Gasteiger partial charge < -0.3 is 0 Å². The molecule has 1 aliphatic carbocycles. The molecule has 106 valence electrons. The predicted octanol–water partition coefficient (Wildman–Crippen LogP) is 1.59. The largest absolute Gasteiger partial charge is 0.331 e. The van der Waals surface area contributed by atoms with Gasteiger partial charge in [0, 0.05) is 11.1 Å². The number of nitrogens with zero attached hydrogens (tertiary/aromatic N) is 2. The molecular formula is C13H15N3O3S. The zero-order chi connectivity index (χ0) is 14.3. The molecular weight excluding hydrogens is 278 g/mol. The smallest absolute Gasteiger partial charge is 0.277 e. The summed E-state index contributed by atoms with van der Waals surface area (Å²) in [7, 11) is 0. The summed E-state index contributed by atoms with van der Waals surface area (Å²) >= 11 is 1.45. The molecule has 3 rings (SSSR count). The van der Waals surface area contributed by atoms with Crippen LogP contribution in [-0.2, 0) is 16.1 Å². The van der Waals surface area contributed by atoms with Crippen molar-refractivity contribution in [3.05, 3.63) is 16.1 Å². The van der Waals surface area contributed by atoms with E-state index in [1.807, 2.05) is 6.92 Å². The number of rotatable bonds is 2. The first kappa shape index (κ1) is 13.2. The highest BCUT2D eigenvalue weighted by Crippen LogP contribution is 2.42. The zero-order valence-electron chi connectivity index (χ0n) is 11.1. The van der Waals surface area contributed by atoms with Gasteiger partial charge in [-0.25, -0.2) is 9.78 Å². The normalized spacial score (nSPS) is 21.6. The van der Waals surface area contributed by atoms with Crippen molar-refractivity contribution in [2.75, 3.05) is 0 Å². The summed E-state index contributed by atoms with van der Waals surface area (Å²) in [6, 6.07) is -0.622. The van der Waals surface area contributed by atoms with Crippen LogP contribution in [-0.4, -0.2) is 27.7 Å². The van der Waals surface area contributed by atoms with Crippen molar-refractivity contribution >= 4 is 29.2 Å². The maximum absolute atomic E-state index is 12.6. The van der Waals surface area contributed by atoms with Crippen LogP contribution in [0.3, 0.4) is 0 Å². The minimum absolute atomic E-state index is 0.186. The first-order chi connectivity index (χ1) is 9.53. The molecule has 1 spiro atoms. The molecule has 1 aromatic rings. The molecule has 0 aromatic carbocycles. The van der Waals surface area contributed by atoms with Crippen molar-refractivity contribution < 1.29 is 14.4 Å². The Morgan fingerprint density at radius 1 is 1.35 bits per heavy atom. The van der Waals surface area contributed by atoms with E-state index in [-0.39, 0.29) is 12.5 Å². The van der Waals surface area contributed by atoms with Crippen molar-refractivity contribution in [3.63, 3.8) is 0 Å². The Labute approximate surface area is 120 Å². The summed E-state index contributed by atoms with van der Waals surface area (Å²) < 4.78 is 0. The summed E-state index contributed by atoms with van der Waals surface area (Å²) in [5, 5.41) is 3.22. The highest BCUT2D eigenvalue weighted by Gasteiger charge is 2.54. The molecule has 2 heterocycles. The molecule has 7 heteroatoms. The fourth-order valence-corrected chi connectivity index (χ4v) is 3.71. The number of carbonyl (C=O) groups is 3. The number of hydrogen-bond acceptors (Lipinski definition) is 5. The van der Waals surface area contributed by atoms with Gasteiger partial charge in [-0.3, -0.25) is 19.8 Å². The first-order valence-electron chi connectivity index (χ1n) is 6.62. The van der Waals surface area contributed by atoms with Crippen LogP contribution >= 0.6 is 11.3 Å². The molecule has 6 nitrogen and oxygen atoms in total. The molecule has 0 atom stereocenters. The number of amides is 4. The number of aromatic nitrogens is 1. The number of barbiturate groups is 1. The predicted molar refractivity (Wildman–Crippen MR) is 71.8 cm³/mol. The van der Waals surface area contributed by atoms with Crippen molar-refractivity contribution in [1.29, 1.82) is 0 Å². The number of urea groups is 1. The van der Waals surface area contributed by atoms with Gasteiger partial charge >= 0.3 is 6.03 Å². The standard InChI is InChI=1S/C13H15N3O3S/c1-8-14-6-9(20-8)7-16-11(18)13(4-2-3-5-13)10(17)15-12(16)19/h6H,2-5,7H2,1H3,(H,15,17,19). The molecule has 1 N–H and O–H groups in total. The lowest BCUT2D eigenvalue weighted by Crippen LogP contribution is -2.62. The van der Waals surface area contributed by atoms with Crippen molar-refractivity contribution in [2.24, 2.45) is 5.41 Å². The maximum atomic E-state index is 12.6. The zero-order valence-corrected chi connectivity index (χ0v) is 12.0. The molecule has 1 aliphatic heterocycles. The average molecular weight is 293 g/mol. The van der Waals surface area contributed by atoms with Crippen LogP contribution in [0.1, 0.15) is 35.6 Å². The Bertz CT molecular complexity index is 589. The highest BCUT2D eigenvalue weighted by atomic mass is 32.1. The monoisotopic (exact) mass is 293 g/mol. The molecule has 0 radical (unpaired) electrons. The number of nitrogens with one attached hydrogen (secondary N) is 1. The molecule has 4 amide bonds. The summed E-state index contributed by atoms with van der Waals surface area (Å²) in [4.78, 5) is 42.7. The third-order valence-corrected chi connectivity index (χ3v) is 4.89. The van der Waals surface area contributed by atoms with Crippen molar-refractivity contribution in [1.82, 2.24) is 15.2 Å². The van der Waals surface area contributed by atoms with Crippen LogP contribution < -0.4 is 5.32 Å². The number of aryl methyl sites for hydroxylation is 1. The molecule has 1 saturated carbocycles. The van der Waals surface area contributed by atoms with Crippen LogP contribution in [0.5, 0.6) is 0 Å². The topological polar surface area (TPSA) is 79.4 Å². The van der Waals surface area contributed by atoms with Gasteiger partial charge in [0.05, 0.1) is 11.6 Å². The summed E-state index contributed by atoms with van der Waals surface area (Å²) in [5.41, 5.74) is -1.02. The van der Waals surface area contributed by atoms with E-state index in [1.54, 1.807) is 6.20 Å². The summed E-state index contributed by atoms with van der Waals surface area (Å²) in [5.74, 6) is -0.781. The SMILES string of the molecule is Cc1ncc(CN2C(=O)NC(=O)C3(CCCC3)C2=O)s1. The van der Waals surface area contributed by atoms with Crippen LogP contribution in [0.15, 0.2) is 6.20 Å². The van der Waals surface area contributed by atoms with Crippen LogP contribution in [0, 0.1) is 12.3 Å². The lowest BCUT2D eigenvalue weighted by molar-refractivity contribution is -0.151. The van der Waals surface area contributed by atoms with E-state index in [0.717, 1.165) is 27.6 Å². The number of imide groups is 2. The molecule has 1 saturated heterocycles. The van der Waals surface area contributed by atoms with E-state index in [4.69, 9.17) is 0 Å². The Morgan fingerprint density at radius 2 is 2.05 bits per heavy atom. The van der Waals surface area contributed by atoms with Gasteiger partial charge in [-0.1, -0.05) is 12.8 Å². The third-order valence-electron chi connectivity index (χ3n) is 4.00. The maximum Gasteiger partial charge on any atom is 0.331 e. The van der Waals surface area contributed by atoms with Gasteiger partial charge in [-0.15, -0.1) is 11.3 Å². The molecule has 20 heavy (non-hydrogen) atoms. The van der Waals surface area contributed by atoms with Gasteiger partial charge in [0.2, 0.25) is 11.8 Å². The van der Waals surface area contributed by atoms with E-state index >= 15 is 0 Å². The van der Waals surface area contributed by atoms with Crippen LogP contribution in [0.2, 0.25) is 0 Å². The number of hydrogen-bond donors (Lipinski definition) is 1. The van der Waals surface area contributed by atoms with E-state index in [0.29, 0.717) is 12.8 Å². The molecule has 1 aromatic heterocycles. The van der Waals surface area contributed by atoms with Crippen molar-refractivity contribution in [3.8, 4) is 0 Å². The summed E-state index contributed by atoms with van der Waals surface area (Å²) in [6.45, 7) is 2.06. The fraction of sp³-hybridized carbons (Fsp3) is 0.538. The molecule has 0 unspecified atom stereocenters. The van der Waals surface area contributed by atoms with Gasteiger partial charge in [-0.2, -0.15) is 0 Å². The minimum Gasteiger partial charge on any atom is -0.277 e. The van der Waals surface area contributed by atoms with Crippen molar-refractivity contribution in [2.45, 2.75) is 39.2 Å². The Kier molecular flexibility index (Phi) is 3.08. The Hall–Kier alpha value is -1.76. The Balaban J connectivity index is 1.88. The molecule has 0 bridgehead atoms. The van der Waals surface area contributed by atoms with E-state index in [9.17, 15) is 14.4 Å². The van der Waals surface area contributed by atoms with Gasteiger partial charge in [-0.05, 0) is 19.8 Å². The number of thiazole rings is 1. The van der Waals surface area contributed by atoms with E-state index in [1.165, 1.54) is 11.3 Å². The molecule has 2 fully saturated rings. The Morgan fingerprint density at radius 3 is 2.65 bits per heavy atom. The second kappa shape index (κ2) is 4.66. The number of carbonyl (C=O) groups excluding carboxylic acids is 3. The van der Waals surface area contributed by atoms with E-state index in [2.05, 4.69) is 10.3 Å². The fourth-order valence-electron chi connectivity index (χ4n) is 2.93. The van der Waals surface area contributed by atoms with Crippen LogP contribution in [0.4, 0.5) is 4.79 Å². The van der Waals surface area contributed by atoms with E-state index < -0.39 is 17.4 Å². The average Bonchev–Trinajstić information content (AvgIpc) is 3.03. The quantitative estimate of drug-likeness (QED) is 0.840. The van der Waals surface area contributed by atoms with Gasteiger partial charge in [0.15, 0.2) is 0 Å². The minimum atomic E-state index is -1.02. The second-order valence-corrected chi connectivity index (χ2v) is 6.60. The summed E-state index contributed by atoms with van der Waals surface area (Å²) in [6.07, 6.45) is 4.42. The highest BCUT2D eigenvalue weighted by molar-refractivity contribution is 7.11. The first-order valence-corrected chi connectivity index (χ1v) is 7.43. The third kappa shape index (κ3) is 1.93. The van der Waals surface area contributed by atoms with Gasteiger partial charge in [0.25, 0.3) is 0 Å². The lowest BCUT2D eigenvalue weighted by Gasteiger charge is -2.36. The van der Waals surface area contributed by atoms with Crippen LogP contribution in [0.25, 0.3) is 0 Å². The van der Waals surface area contributed by atoms with Gasteiger partial charge in [0.1, 0.15) is 5.41 Å². The second-order valence-electron chi connectivity index (χ2n) is 5.29. The molecule has 2 aliphatic rings. The lowest BCUT2D eigenvalue weighted by atomic mass is 9.82.